The number of hydrogen-bond donors (Lipinski definition) is 0. The van der Waals surface area contributed by atoms with Crippen LogP contribution in [0.3, 0.4) is 0 Å². The Morgan fingerprint density at radius 3 is 2.64 bits per heavy atom. The summed E-state index contributed by atoms with van der Waals surface area (Å²) in [5.74, 6) is 1.47. The first kappa shape index (κ1) is 19.5. The van der Waals surface area contributed by atoms with Crippen molar-refractivity contribution < 1.29 is 13.2 Å². The number of methoxy groups -OCH3 is 1. The number of rotatable bonds is 5. The van der Waals surface area contributed by atoms with Crippen molar-refractivity contribution in [1.29, 1.82) is 0 Å². The van der Waals surface area contributed by atoms with Crippen molar-refractivity contribution in [2.75, 3.05) is 19.4 Å². The van der Waals surface area contributed by atoms with E-state index in [1.807, 2.05) is 30.5 Å². The number of benzene rings is 2. The van der Waals surface area contributed by atoms with Gasteiger partial charge in [0.25, 0.3) is 0 Å². The summed E-state index contributed by atoms with van der Waals surface area (Å²) in [5.41, 5.74) is 1.74. The van der Waals surface area contributed by atoms with Gasteiger partial charge in [0.2, 0.25) is 10.0 Å². The van der Waals surface area contributed by atoms with Crippen LogP contribution in [0.5, 0.6) is 5.75 Å². The molecule has 4 rings (SSSR count). The zero-order valence-corrected chi connectivity index (χ0v) is 18.2. The van der Waals surface area contributed by atoms with Crippen LogP contribution >= 0.6 is 27.7 Å². The van der Waals surface area contributed by atoms with Gasteiger partial charge in [0, 0.05) is 24.7 Å². The fraction of sp³-hybridized carbons (Fsp3) is 0.211. The van der Waals surface area contributed by atoms with Crippen molar-refractivity contribution in [3.8, 4) is 11.4 Å². The van der Waals surface area contributed by atoms with E-state index in [0.29, 0.717) is 6.54 Å². The maximum Gasteiger partial charge on any atom is 0.244 e. The van der Waals surface area contributed by atoms with Crippen LogP contribution in [-0.2, 0) is 10.0 Å². The van der Waals surface area contributed by atoms with Gasteiger partial charge < -0.3 is 4.74 Å². The highest BCUT2D eigenvalue weighted by Gasteiger charge is 2.37. The summed E-state index contributed by atoms with van der Waals surface area (Å²) in [6.07, 6.45) is 3.50. The smallest absolute Gasteiger partial charge is 0.244 e. The molecule has 1 aliphatic rings. The lowest BCUT2D eigenvalue weighted by Crippen LogP contribution is -2.30. The predicted octanol–water partition coefficient (Wildman–Crippen LogP) is 4.08. The molecule has 6 nitrogen and oxygen atoms in total. The normalized spacial score (nSPS) is 17.7. The van der Waals surface area contributed by atoms with E-state index in [2.05, 4.69) is 21.0 Å². The van der Waals surface area contributed by atoms with Crippen molar-refractivity contribution in [1.82, 2.24) is 14.1 Å². The molecule has 2 aromatic carbocycles. The van der Waals surface area contributed by atoms with Crippen molar-refractivity contribution >= 4 is 37.7 Å². The molecule has 1 aromatic heterocycles. The standard InChI is InChI=1S/C19H18BrN3O3S2/c1-26-18-8-3-14(13-17(18)20)19-23(11-12-27-19)28(24,25)16-6-4-15(5-7-16)22-10-2-9-21-22/h2-10,13,19H,11-12H2,1H3. The largest absolute Gasteiger partial charge is 0.496 e. The number of aromatic nitrogens is 2. The van der Waals surface area contributed by atoms with E-state index in [4.69, 9.17) is 4.74 Å². The van der Waals surface area contributed by atoms with Crippen LogP contribution < -0.4 is 4.74 Å². The minimum atomic E-state index is -3.61. The van der Waals surface area contributed by atoms with E-state index >= 15 is 0 Å². The topological polar surface area (TPSA) is 64.4 Å². The zero-order valence-electron chi connectivity index (χ0n) is 15.0. The van der Waals surface area contributed by atoms with Crippen LogP contribution in [0.4, 0.5) is 0 Å². The van der Waals surface area contributed by atoms with Gasteiger partial charge in [-0.05, 0) is 64.0 Å². The van der Waals surface area contributed by atoms with Gasteiger partial charge in [-0.1, -0.05) is 6.07 Å². The summed E-state index contributed by atoms with van der Waals surface area (Å²) in [7, 11) is -2.01. The van der Waals surface area contributed by atoms with Crippen molar-refractivity contribution in [3.63, 3.8) is 0 Å². The lowest BCUT2D eigenvalue weighted by atomic mass is 10.2. The number of thioether (sulfide) groups is 1. The van der Waals surface area contributed by atoms with Gasteiger partial charge in [-0.25, -0.2) is 13.1 Å². The van der Waals surface area contributed by atoms with E-state index < -0.39 is 10.0 Å². The lowest BCUT2D eigenvalue weighted by molar-refractivity contribution is 0.410. The zero-order chi connectivity index (χ0) is 19.7. The van der Waals surface area contributed by atoms with Crippen LogP contribution in [0.1, 0.15) is 10.9 Å². The second-order valence-electron chi connectivity index (χ2n) is 6.18. The maximum atomic E-state index is 13.3. The third-order valence-electron chi connectivity index (χ3n) is 4.52. The van der Waals surface area contributed by atoms with E-state index in [1.54, 1.807) is 58.3 Å². The Hall–Kier alpha value is -1.81. The molecule has 0 radical (unpaired) electrons. The summed E-state index contributed by atoms with van der Waals surface area (Å²) in [5, 5.41) is 3.90. The Morgan fingerprint density at radius 2 is 2.00 bits per heavy atom. The third-order valence-corrected chi connectivity index (χ3v) is 8.41. The summed E-state index contributed by atoms with van der Waals surface area (Å²) in [6.45, 7) is 0.474. The van der Waals surface area contributed by atoms with Crippen molar-refractivity contribution in [3.05, 3.63) is 71.0 Å². The number of halogens is 1. The highest BCUT2D eigenvalue weighted by atomic mass is 79.9. The first-order valence-electron chi connectivity index (χ1n) is 8.57. The van der Waals surface area contributed by atoms with Crippen LogP contribution in [0.25, 0.3) is 5.69 Å². The highest BCUT2D eigenvalue weighted by molar-refractivity contribution is 9.10. The molecule has 1 fully saturated rings. The molecule has 0 spiro atoms. The molecule has 0 bridgehead atoms. The monoisotopic (exact) mass is 479 g/mol. The Kier molecular flexibility index (Phi) is 5.50. The molecule has 1 saturated heterocycles. The van der Waals surface area contributed by atoms with Crippen molar-refractivity contribution in [2.45, 2.75) is 10.3 Å². The van der Waals surface area contributed by atoms with Crippen LogP contribution in [0.15, 0.2) is 70.3 Å². The molecule has 1 unspecified atom stereocenters. The van der Waals surface area contributed by atoms with Crippen LogP contribution in [0, 0.1) is 0 Å². The molecule has 0 amide bonds. The Balaban J connectivity index is 1.63. The molecule has 3 aromatic rings. The van der Waals surface area contributed by atoms with Gasteiger partial charge in [-0.3, -0.25) is 0 Å². The molecule has 1 aliphatic heterocycles. The predicted molar refractivity (Wildman–Crippen MR) is 113 cm³/mol. The molecule has 1 atom stereocenters. The number of sulfonamides is 1. The fourth-order valence-electron chi connectivity index (χ4n) is 3.13. The van der Waals surface area contributed by atoms with E-state index in [9.17, 15) is 8.42 Å². The summed E-state index contributed by atoms with van der Waals surface area (Å²) >= 11 is 5.11. The molecular formula is C19H18BrN3O3S2. The summed E-state index contributed by atoms with van der Waals surface area (Å²) in [4.78, 5) is 0.281. The first-order valence-corrected chi connectivity index (χ1v) is 11.9. The first-order chi connectivity index (χ1) is 13.5. The Bertz CT molecular complexity index is 1070. The van der Waals surface area contributed by atoms with Crippen molar-refractivity contribution in [2.24, 2.45) is 0 Å². The van der Waals surface area contributed by atoms with Gasteiger partial charge in [-0.2, -0.15) is 9.40 Å². The molecule has 0 aliphatic carbocycles. The SMILES string of the molecule is COc1ccc(C2SCCN2S(=O)(=O)c2ccc(-n3cccn3)cc2)cc1Br. The van der Waals surface area contributed by atoms with E-state index in [-0.39, 0.29) is 10.3 Å². The average Bonchev–Trinajstić information content (AvgIpc) is 3.40. The minimum absolute atomic E-state index is 0.266. The minimum Gasteiger partial charge on any atom is -0.496 e. The molecule has 9 heteroatoms. The molecule has 2 heterocycles. The van der Waals surface area contributed by atoms with Gasteiger partial charge in [0.1, 0.15) is 5.75 Å². The van der Waals surface area contributed by atoms with Crippen LogP contribution in [0.2, 0.25) is 0 Å². The van der Waals surface area contributed by atoms with Gasteiger partial charge in [0.15, 0.2) is 0 Å². The van der Waals surface area contributed by atoms with Gasteiger partial charge in [-0.15, -0.1) is 11.8 Å². The molecule has 146 valence electrons. The van der Waals surface area contributed by atoms with Crippen LogP contribution in [-0.4, -0.2) is 41.9 Å². The molecule has 0 saturated carbocycles. The molecule has 0 N–H and O–H groups in total. The maximum absolute atomic E-state index is 13.3. The number of ether oxygens (including phenoxy) is 1. The average molecular weight is 480 g/mol. The van der Waals surface area contributed by atoms with E-state index in [1.165, 1.54) is 0 Å². The summed E-state index contributed by atoms with van der Waals surface area (Å²) < 4.78 is 35.9. The van der Waals surface area contributed by atoms with Gasteiger partial charge in [0.05, 0.1) is 27.5 Å². The second-order valence-corrected chi connectivity index (χ2v) is 10.1. The Morgan fingerprint density at radius 1 is 1.21 bits per heavy atom. The van der Waals surface area contributed by atoms with Gasteiger partial charge >= 0.3 is 0 Å². The molecular weight excluding hydrogens is 462 g/mol. The highest BCUT2D eigenvalue weighted by Crippen LogP contribution is 2.43. The number of nitrogens with zero attached hydrogens (tertiary/aromatic N) is 3. The molecule has 28 heavy (non-hydrogen) atoms. The summed E-state index contributed by atoms with van der Waals surface area (Å²) in [6, 6.07) is 14.3. The second kappa shape index (κ2) is 7.90. The number of hydrogen-bond acceptors (Lipinski definition) is 5. The third kappa shape index (κ3) is 3.59. The lowest BCUT2D eigenvalue weighted by Gasteiger charge is -2.24. The Labute approximate surface area is 176 Å². The quantitative estimate of drug-likeness (QED) is 0.551. The van der Waals surface area contributed by atoms with E-state index in [0.717, 1.165) is 27.2 Å². The fourth-order valence-corrected chi connectivity index (χ4v) is 6.92.